The number of ether oxygens (including phenoxy) is 2. The van der Waals surface area contributed by atoms with Gasteiger partial charge in [-0.3, -0.25) is 0 Å². The highest BCUT2D eigenvalue weighted by Crippen LogP contribution is 2.26. The Bertz CT molecular complexity index is 614. The molecule has 0 aliphatic carbocycles. The quantitative estimate of drug-likeness (QED) is 0.512. The molecule has 1 aromatic rings. The normalized spacial score (nSPS) is 13.7. The molecule has 2 atom stereocenters. The minimum Gasteiger partial charge on any atom is -0.497 e. The van der Waals surface area contributed by atoms with Crippen molar-refractivity contribution in [2.24, 2.45) is 0 Å². The van der Waals surface area contributed by atoms with Crippen molar-refractivity contribution in [2.75, 3.05) is 26.5 Å². The van der Waals surface area contributed by atoms with E-state index in [0.29, 0.717) is 18.3 Å². The smallest absolute Gasteiger partial charge is 0.490 e. The lowest BCUT2D eigenvalue weighted by Crippen LogP contribution is -2.39. The first-order chi connectivity index (χ1) is 13.3. The molecule has 2 unspecified atom stereocenters. The molecule has 0 aromatic heterocycles. The van der Waals surface area contributed by atoms with Crippen LogP contribution in [0.1, 0.15) is 27.2 Å². The largest absolute Gasteiger partial charge is 0.497 e. The molecular weight excluding hydrogens is 411 g/mol. The highest BCUT2D eigenvalue weighted by Gasteiger charge is 2.38. The summed E-state index contributed by atoms with van der Waals surface area (Å²) in [5.41, 5.74) is 0. The summed E-state index contributed by atoms with van der Waals surface area (Å²) in [5.74, 6) is -1.31. The van der Waals surface area contributed by atoms with E-state index >= 15 is 0 Å². The Labute approximate surface area is 173 Å². The van der Waals surface area contributed by atoms with Gasteiger partial charge < -0.3 is 25.0 Å². The van der Waals surface area contributed by atoms with E-state index < -0.39 is 18.2 Å². The zero-order valence-corrected chi connectivity index (χ0v) is 18.1. The molecule has 3 N–H and O–H groups in total. The molecule has 0 aliphatic rings. The van der Waals surface area contributed by atoms with Crippen molar-refractivity contribution in [3.05, 3.63) is 24.3 Å². The maximum atomic E-state index is 10.6. The molecule has 0 spiro atoms. The van der Waals surface area contributed by atoms with Gasteiger partial charge in [-0.05, 0) is 31.7 Å². The van der Waals surface area contributed by atoms with E-state index in [9.17, 15) is 18.3 Å². The maximum absolute atomic E-state index is 10.6. The Hall–Kier alpha value is -1.65. The number of halogens is 3. The second-order valence-electron chi connectivity index (χ2n) is 6.92. The minimum absolute atomic E-state index is 0.245. The van der Waals surface area contributed by atoms with Gasteiger partial charge in [0.05, 0.1) is 7.11 Å². The van der Waals surface area contributed by atoms with Crippen LogP contribution < -0.4 is 14.8 Å². The number of alkyl halides is 3. The molecule has 0 radical (unpaired) electrons. The third kappa shape index (κ3) is 13.2. The fourth-order valence-corrected chi connectivity index (χ4v) is 2.59. The molecule has 0 aliphatic heterocycles. The average Bonchev–Trinajstić information content (AvgIpc) is 2.64. The summed E-state index contributed by atoms with van der Waals surface area (Å²) < 4.78 is 42.7. The van der Waals surface area contributed by atoms with Crippen LogP contribution in [0.3, 0.4) is 0 Å². The van der Waals surface area contributed by atoms with Gasteiger partial charge in [0, 0.05) is 23.4 Å². The molecule has 1 rings (SSSR count). The number of rotatable bonds is 10. The molecule has 0 bridgehead atoms. The van der Waals surface area contributed by atoms with Crippen LogP contribution in [-0.2, 0) is 4.79 Å². The Morgan fingerprint density at radius 3 is 2.31 bits per heavy atom. The van der Waals surface area contributed by atoms with Crippen LogP contribution in [0.15, 0.2) is 24.3 Å². The Morgan fingerprint density at radius 1 is 1.28 bits per heavy atom. The van der Waals surface area contributed by atoms with Crippen LogP contribution in [0.5, 0.6) is 11.5 Å². The lowest BCUT2D eigenvalue weighted by molar-refractivity contribution is -0.192. The summed E-state index contributed by atoms with van der Waals surface area (Å²) in [6.45, 7) is 7.40. The number of aliphatic carboxylic acids is 1. The molecule has 0 heterocycles. The number of thioether (sulfide) groups is 1. The predicted molar refractivity (Wildman–Crippen MR) is 108 cm³/mol. The molecule has 0 amide bonds. The van der Waals surface area contributed by atoms with Crippen LogP contribution in [0.2, 0.25) is 0 Å². The number of carboxylic acids is 1. The second kappa shape index (κ2) is 12.8. The number of aliphatic hydroxyl groups excluding tert-OH is 1. The van der Waals surface area contributed by atoms with Gasteiger partial charge in [0.25, 0.3) is 0 Å². The number of hydrogen-bond acceptors (Lipinski definition) is 6. The molecule has 1 aromatic carbocycles. The number of nitrogens with one attached hydrogen (secondary N) is 1. The molecule has 0 fully saturated rings. The predicted octanol–water partition coefficient (Wildman–Crippen LogP) is 3.58. The standard InChI is InChI=1S/C17H29NO3S.C2HF3O2/c1-13(10-17(2,3)22-5)18-11-14(19)12-21-16-8-6-7-15(9-16)20-4;3-2(4,5)1(6)7/h6-9,13-14,18-19H,10-12H2,1-5H3;(H,6,7). The van der Waals surface area contributed by atoms with Gasteiger partial charge in [-0.1, -0.05) is 19.9 Å². The van der Waals surface area contributed by atoms with Crippen molar-refractivity contribution in [1.82, 2.24) is 5.32 Å². The molecule has 0 saturated carbocycles. The molecular formula is C19H30F3NO5S. The van der Waals surface area contributed by atoms with Crippen LogP contribution >= 0.6 is 11.8 Å². The fourth-order valence-electron chi connectivity index (χ4n) is 2.17. The van der Waals surface area contributed by atoms with E-state index in [1.54, 1.807) is 7.11 Å². The van der Waals surface area contributed by atoms with Crippen LogP contribution in [-0.4, -0.2) is 65.8 Å². The van der Waals surface area contributed by atoms with Crippen LogP contribution in [0.25, 0.3) is 0 Å². The first kappa shape index (κ1) is 27.4. The summed E-state index contributed by atoms with van der Waals surface area (Å²) in [6.07, 6.45) is -2.44. The van der Waals surface area contributed by atoms with Gasteiger partial charge in [0.2, 0.25) is 0 Å². The maximum Gasteiger partial charge on any atom is 0.490 e. The van der Waals surface area contributed by atoms with E-state index in [2.05, 4.69) is 32.3 Å². The molecule has 168 valence electrons. The highest BCUT2D eigenvalue weighted by atomic mass is 32.2. The Morgan fingerprint density at radius 2 is 1.83 bits per heavy atom. The number of methoxy groups -OCH3 is 1. The average molecular weight is 442 g/mol. The summed E-state index contributed by atoms with van der Waals surface area (Å²) in [5, 5.41) is 20.5. The van der Waals surface area contributed by atoms with Gasteiger partial charge in [-0.15, -0.1) is 0 Å². The summed E-state index contributed by atoms with van der Waals surface area (Å²) in [7, 11) is 1.62. The molecule has 29 heavy (non-hydrogen) atoms. The number of carbonyl (C=O) groups is 1. The third-order valence-electron chi connectivity index (χ3n) is 3.78. The Balaban J connectivity index is 0.000000956. The number of benzene rings is 1. The molecule has 10 heteroatoms. The van der Waals surface area contributed by atoms with E-state index in [1.165, 1.54) is 0 Å². The number of hydrogen-bond donors (Lipinski definition) is 3. The molecule has 6 nitrogen and oxygen atoms in total. The van der Waals surface area contributed by atoms with E-state index in [-0.39, 0.29) is 11.4 Å². The molecule has 0 saturated heterocycles. The minimum atomic E-state index is -5.08. The van der Waals surface area contributed by atoms with Gasteiger partial charge >= 0.3 is 12.1 Å². The van der Waals surface area contributed by atoms with Gasteiger partial charge in [-0.25, -0.2) is 4.79 Å². The second-order valence-corrected chi connectivity index (χ2v) is 8.44. The first-order valence-electron chi connectivity index (χ1n) is 8.84. The lowest BCUT2D eigenvalue weighted by atomic mass is 10.0. The van der Waals surface area contributed by atoms with Crippen molar-refractivity contribution in [3.8, 4) is 11.5 Å². The number of carboxylic acid groups (broad SMARTS) is 1. The van der Waals surface area contributed by atoms with E-state index in [4.69, 9.17) is 19.4 Å². The Kier molecular flexibility index (Phi) is 12.1. The zero-order valence-electron chi connectivity index (χ0n) is 17.2. The van der Waals surface area contributed by atoms with Crippen molar-refractivity contribution in [1.29, 1.82) is 0 Å². The fraction of sp³-hybridized carbons (Fsp3) is 0.632. The summed E-state index contributed by atoms with van der Waals surface area (Å²) >= 11 is 1.86. The SMILES string of the molecule is COc1cccc(OCC(O)CNC(C)CC(C)(C)SC)c1.O=C(O)C(F)(F)F. The van der Waals surface area contributed by atoms with Crippen molar-refractivity contribution in [2.45, 2.75) is 50.3 Å². The topological polar surface area (TPSA) is 88.0 Å². The van der Waals surface area contributed by atoms with Crippen LogP contribution in [0.4, 0.5) is 13.2 Å². The first-order valence-corrected chi connectivity index (χ1v) is 10.1. The summed E-state index contributed by atoms with van der Waals surface area (Å²) in [4.78, 5) is 8.90. The monoisotopic (exact) mass is 441 g/mol. The van der Waals surface area contributed by atoms with Crippen LogP contribution in [0, 0.1) is 0 Å². The van der Waals surface area contributed by atoms with Crippen molar-refractivity contribution >= 4 is 17.7 Å². The number of aliphatic hydroxyl groups is 1. The highest BCUT2D eigenvalue weighted by molar-refractivity contribution is 7.99. The third-order valence-corrected chi connectivity index (χ3v) is 5.05. The summed E-state index contributed by atoms with van der Waals surface area (Å²) in [6, 6.07) is 7.75. The zero-order chi connectivity index (χ0) is 22.7. The van der Waals surface area contributed by atoms with Crippen molar-refractivity contribution < 1.29 is 37.7 Å². The van der Waals surface area contributed by atoms with E-state index in [0.717, 1.165) is 12.2 Å². The van der Waals surface area contributed by atoms with Gasteiger partial charge in [0.15, 0.2) is 0 Å². The van der Waals surface area contributed by atoms with Gasteiger partial charge in [0.1, 0.15) is 24.2 Å². The van der Waals surface area contributed by atoms with Crippen molar-refractivity contribution in [3.63, 3.8) is 0 Å². The lowest BCUT2D eigenvalue weighted by Gasteiger charge is -2.27. The van der Waals surface area contributed by atoms with Gasteiger partial charge in [-0.2, -0.15) is 24.9 Å². The van der Waals surface area contributed by atoms with E-state index in [1.807, 2.05) is 36.0 Å².